The van der Waals surface area contributed by atoms with Gasteiger partial charge in [0.1, 0.15) is 16.5 Å². The molecule has 9 heteroatoms. The smallest absolute Gasteiger partial charge is 0.264 e. The average molecular weight is 377 g/mol. The summed E-state index contributed by atoms with van der Waals surface area (Å²) in [5.74, 6) is -1.92. The molecular weight excluding hydrogens is 364 g/mol. The fraction of sp³-hybridized carbons (Fsp3) is 0.118. The van der Waals surface area contributed by atoms with Crippen molar-refractivity contribution in [2.24, 2.45) is 0 Å². The van der Waals surface area contributed by atoms with Crippen molar-refractivity contribution in [3.05, 3.63) is 59.3 Å². The van der Waals surface area contributed by atoms with Gasteiger partial charge in [0.15, 0.2) is 0 Å². The van der Waals surface area contributed by atoms with E-state index >= 15 is 0 Å². The minimum absolute atomic E-state index is 0.115. The number of aromatic nitrogens is 1. The van der Waals surface area contributed by atoms with Crippen LogP contribution in [0, 0.1) is 11.6 Å². The van der Waals surface area contributed by atoms with E-state index in [2.05, 4.69) is 15.0 Å². The summed E-state index contributed by atoms with van der Waals surface area (Å²) in [6, 6.07) is 6.41. The highest BCUT2D eigenvalue weighted by molar-refractivity contribution is 7.93. The van der Waals surface area contributed by atoms with Gasteiger partial charge in [-0.25, -0.2) is 17.2 Å². The number of anilines is 1. The predicted molar refractivity (Wildman–Crippen MR) is 91.5 cm³/mol. The molecule has 2 heterocycles. The Labute approximate surface area is 147 Å². The third-order valence-electron chi connectivity index (χ3n) is 4.27. The number of H-pyrrole nitrogens is 1. The third-order valence-corrected chi connectivity index (χ3v) is 5.66. The average Bonchev–Trinajstić information content (AvgIpc) is 3.03. The fourth-order valence-electron chi connectivity index (χ4n) is 3.04. The van der Waals surface area contributed by atoms with Gasteiger partial charge in [0.05, 0.1) is 11.1 Å². The van der Waals surface area contributed by atoms with Crippen LogP contribution in [-0.2, 0) is 16.4 Å². The molecule has 0 bridgehead atoms. The molecular formula is C17H13F2N3O3S. The summed E-state index contributed by atoms with van der Waals surface area (Å²) >= 11 is 0. The molecule has 2 aromatic carbocycles. The quantitative estimate of drug-likeness (QED) is 0.655. The molecule has 1 aliphatic heterocycles. The maximum absolute atomic E-state index is 14.3. The van der Waals surface area contributed by atoms with E-state index in [0.717, 1.165) is 24.4 Å². The van der Waals surface area contributed by atoms with E-state index in [9.17, 15) is 22.0 Å². The van der Waals surface area contributed by atoms with Crippen LogP contribution in [0.15, 0.2) is 41.4 Å². The van der Waals surface area contributed by atoms with Crippen molar-refractivity contribution in [1.82, 2.24) is 10.3 Å². The van der Waals surface area contributed by atoms with E-state index in [-0.39, 0.29) is 21.5 Å². The number of benzene rings is 2. The minimum Gasteiger partial charge on any atom is -0.360 e. The molecule has 0 aliphatic carbocycles. The molecule has 0 spiro atoms. The molecule has 0 radical (unpaired) electrons. The molecule has 4 rings (SSSR count). The van der Waals surface area contributed by atoms with Crippen molar-refractivity contribution >= 4 is 32.5 Å². The Morgan fingerprint density at radius 1 is 1.12 bits per heavy atom. The summed E-state index contributed by atoms with van der Waals surface area (Å²) in [5, 5.41) is 2.50. The zero-order chi connectivity index (χ0) is 18.5. The van der Waals surface area contributed by atoms with Crippen LogP contribution < -0.4 is 10.0 Å². The highest BCUT2D eigenvalue weighted by atomic mass is 32.2. The summed E-state index contributed by atoms with van der Waals surface area (Å²) in [4.78, 5) is 14.2. The molecule has 3 aromatic rings. The second kappa shape index (κ2) is 5.80. The van der Waals surface area contributed by atoms with Crippen molar-refractivity contribution in [1.29, 1.82) is 0 Å². The van der Waals surface area contributed by atoms with Crippen LogP contribution in [0.3, 0.4) is 0 Å². The number of fused-ring (bicyclic) bond motifs is 2. The summed E-state index contributed by atoms with van der Waals surface area (Å²) in [5.41, 5.74) is 0.648. The van der Waals surface area contributed by atoms with Gasteiger partial charge >= 0.3 is 0 Å². The van der Waals surface area contributed by atoms with E-state index in [4.69, 9.17) is 0 Å². The second-order valence-electron chi connectivity index (χ2n) is 5.92. The highest BCUT2D eigenvalue weighted by Gasteiger charge is 2.25. The SMILES string of the molecule is O=C1NCCc2cc(F)c(NS(=O)(=O)c3c[nH]c4cccc(F)c34)cc21. The predicted octanol–water partition coefficient (Wildman–Crippen LogP) is 2.53. The first kappa shape index (κ1) is 16.5. The number of halogens is 2. The van der Waals surface area contributed by atoms with Crippen molar-refractivity contribution in [3.63, 3.8) is 0 Å². The molecule has 3 N–H and O–H groups in total. The van der Waals surface area contributed by atoms with Gasteiger partial charge in [0.25, 0.3) is 15.9 Å². The van der Waals surface area contributed by atoms with Crippen LogP contribution in [0.5, 0.6) is 0 Å². The number of rotatable bonds is 3. The number of carbonyl (C=O) groups is 1. The Kier molecular flexibility index (Phi) is 3.69. The summed E-state index contributed by atoms with van der Waals surface area (Å²) in [6.07, 6.45) is 1.60. The number of aromatic amines is 1. The van der Waals surface area contributed by atoms with Gasteiger partial charge in [-0.3, -0.25) is 9.52 Å². The first-order valence-electron chi connectivity index (χ1n) is 7.76. The van der Waals surface area contributed by atoms with Crippen molar-refractivity contribution < 1.29 is 22.0 Å². The largest absolute Gasteiger partial charge is 0.360 e. The number of sulfonamides is 1. The molecule has 0 unspecified atom stereocenters. The van der Waals surface area contributed by atoms with Crippen molar-refractivity contribution in [3.8, 4) is 0 Å². The standard InChI is InChI=1S/C17H13F2N3O3S/c18-11-2-1-3-13-16(11)15(8-21-13)26(24,25)22-14-7-10-9(6-12(14)19)4-5-20-17(10)23/h1-3,6-8,21-22H,4-5H2,(H,20,23). The Morgan fingerprint density at radius 3 is 2.73 bits per heavy atom. The van der Waals surface area contributed by atoms with E-state index in [0.29, 0.717) is 24.0 Å². The number of carbonyl (C=O) groups excluding carboxylic acids is 1. The van der Waals surface area contributed by atoms with Gasteiger partial charge in [-0.1, -0.05) is 6.07 Å². The zero-order valence-corrected chi connectivity index (χ0v) is 14.1. The van der Waals surface area contributed by atoms with Crippen LogP contribution in [0.4, 0.5) is 14.5 Å². The van der Waals surface area contributed by atoms with Crippen LogP contribution >= 0.6 is 0 Å². The first-order valence-corrected chi connectivity index (χ1v) is 9.24. The van der Waals surface area contributed by atoms with E-state index in [1.807, 2.05) is 0 Å². The lowest BCUT2D eigenvalue weighted by molar-refractivity contribution is 0.0946. The van der Waals surface area contributed by atoms with Gasteiger partial charge in [0.2, 0.25) is 0 Å². The van der Waals surface area contributed by atoms with E-state index in [1.54, 1.807) is 0 Å². The molecule has 134 valence electrons. The summed E-state index contributed by atoms with van der Waals surface area (Å²) in [6.45, 7) is 0.394. The topological polar surface area (TPSA) is 91.1 Å². The van der Waals surface area contributed by atoms with Gasteiger partial charge in [-0.05, 0) is 36.2 Å². The van der Waals surface area contributed by atoms with Crippen molar-refractivity contribution in [2.75, 3.05) is 11.3 Å². The van der Waals surface area contributed by atoms with E-state index in [1.165, 1.54) is 12.1 Å². The summed E-state index contributed by atoms with van der Waals surface area (Å²) in [7, 11) is -4.28. The van der Waals surface area contributed by atoms with Gasteiger partial charge in [-0.2, -0.15) is 0 Å². The molecule has 1 aliphatic rings. The lowest BCUT2D eigenvalue weighted by Crippen LogP contribution is -2.32. The molecule has 0 atom stereocenters. The van der Waals surface area contributed by atoms with Gasteiger partial charge < -0.3 is 10.3 Å². The van der Waals surface area contributed by atoms with Gasteiger partial charge in [0, 0.05) is 23.8 Å². The lowest BCUT2D eigenvalue weighted by Gasteiger charge is -2.18. The molecule has 0 saturated heterocycles. The maximum Gasteiger partial charge on any atom is 0.264 e. The maximum atomic E-state index is 14.3. The first-order chi connectivity index (χ1) is 12.4. The Balaban J connectivity index is 1.79. The number of nitrogens with one attached hydrogen (secondary N) is 3. The second-order valence-corrected chi connectivity index (χ2v) is 7.57. The number of hydrogen-bond donors (Lipinski definition) is 3. The number of hydrogen-bond acceptors (Lipinski definition) is 3. The van der Waals surface area contributed by atoms with Crippen LogP contribution in [0.25, 0.3) is 10.9 Å². The fourth-order valence-corrected chi connectivity index (χ4v) is 4.28. The highest BCUT2D eigenvalue weighted by Crippen LogP contribution is 2.29. The normalized spacial score (nSPS) is 14.2. The third kappa shape index (κ3) is 2.60. The monoisotopic (exact) mass is 377 g/mol. The molecule has 0 fully saturated rings. The Hall–Kier alpha value is -2.94. The van der Waals surface area contributed by atoms with Crippen LogP contribution in [0.1, 0.15) is 15.9 Å². The summed E-state index contributed by atoms with van der Waals surface area (Å²) < 4.78 is 55.8. The zero-order valence-electron chi connectivity index (χ0n) is 13.3. The van der Waals surface area contributed by atoms with E-state index < -0.39 is 27.6 Å². The Morgan fingerprint density at radius 2 is 1.92 bits per heavy atom. The van der Waals surface area contributed by atoms with Crippen LogP contribution in [-0.4, -0.2) is 25.9 Å². The molecule has 1 aromatic heterocycles. The Bertz CT molecular complexity index is 1160. The lowest BCUT2D eigenvalue weighted by atomic mass is 9.99. The minimum atomic E-state index is -4.28. The molecule has 1 amide bonds. The number of amides is 1. The molecule has 26 heavy (non-hydrogen) atoms. The van der Waals surface area contributed by atoms with Crippen molar-refractivity contribution in [2.45, 2.75) is 11.3 Å². The molecule has 0 saturated carbocycles. The molecule has 6 nitrogen and oxygen atoms in total. The van der Waals surface area contributed by atoms with Gasteiger partial charge in [-0.15, -0.1) is 0 Å². The van der Waals surface area contributed by atoms with Crippen LogP contribution in [0.2, 0.25) is 0 Å².